The van der Waals surface area contributed by atoms with Gasteiger partial charge in [-0.2, -0.15) is 0 Å². The Morgan fingerprint density at radius 1 is 1.43 bits per heavy atom. The van der Waals surface area contributed by atoms with Gasteiger partial charge in [-0.25, -0.2) is 4.79 Å². The average Bonchev–Trinajstić information content (AvgIpc) is 2.83. The number of nitrogens with one attached hydrogen (secondary N) is 1. The van der Waals surface area contributed by atoms with Crippen LogP contribution in [0.25, 0.3) is 0 Å². The second-order valence-electron chi connectivity index (χ2n) is 3.11. The summed E-state index contributed by atoms with van der Waals surface area (Å²) in [6, 6.07) is 9.14. The Morgan fingerprint density at radius 2 is 2.07 bits per heavy atom. The van der Waals surface area contributed by atoms with E-state index < -0.39 is 6.09 Å². The van der Waals surface area contributed by atoms with Crippen LogP contribution in [0.3, 0.4) is 0 Å². The molecule has 14 heavy (non-hydrogen) atoms. The molecule has 0 spiro atoms. The van der Waals surface area contributed by atoms with Crippen molar-refractivity contribution in [2.24, 2.45) is 0 Å². The highest BCUT2D eigenvalue weighted by atomic mass is 16.8. The molecule has 4 nitrogen and oxygen atoms in total. The zero-order valence-electron chi connectivity index (χ0n) is 7.77. The summed E-state index contributed by atoms with van der Waals surface area (Å²) >= 11 is 0. The first-order valence-corrected chi connectivity index (χ1v) is 4.44. The molecular weight excluding hydrogens is 182 g/mol. The van der Waals surface area contributed by atoms with Crippen molar-refractivity contribution < 1.29 is 14.3 Å². The first kappa shape index (κ1) is 9.02. The van der Waals surface area contributed by atoms with E-state index in [1.165, 1.54) is 0 Å². The van der Waals surface area contributed by atoms with Gasteiger partial charge in [-0.15, -0.1) is 0 Å². The summed E-state index contributed by atoms with van der Waals surface area (Å²) in [5, 5.41) is 2.59. The topological polar surface area (TPSA) is 50.9 Å². The van der Waals surface area contributed by atoms with Gasteiger partial charge in [-0.3, -0.25) is 5.32 Å². The third-order valence-electron chi connectivity index (χ3n) is 1.90. The van der Waals surface area contributed by atoms with Crippen molar-refractivity contribution in [3.8, 4) is 0 Å². The van der Waals surface area contributed by atoms with Crippen LogP contribution in [0, 0.1) is 0 Å². The summed E-state index contributed by atoms with van der Waals surface area (Å²) in [6.07, 6.45) is -0.833. The molecule has 2 rings (SSSR count). The molecule has 0 bridgehead atoms. The van der Waals surface area contributed by atoms with Crippen molar-refractivity contribution in [1.29, 1.82) is 0 Å². The van der Waals surface area contributed by atoms with E-state index in [1.54, 1.807) is 12.1 Å². The van der Waals surface area contributed by atoms with Gasteiger partial charge >= 0.3 is 6.09 Å². The fraction of sp³-hybridized carbons (Fsp3) is 0.300. The molecular formula is C10H11NO3. The zero-order valence-corrected chi connectivity index (χ0v) is 7.77. The molecule has 0 aromatic heterocycles. The molecule has 1 amide bonds. The van der Waals surface area contributed by atoms with Crippen molar-refractivity contribution in [2.45, 2.75) is 19.3 Å². The first-order valence-electron chi connectivity index (χ1n) is 4.44. The maximum atomic E-state index is 11.2. The lowest BCUT2D eigenvalue weighted by Crippen LogP contribution is -2.15. The average molecular weight is 193 g/mol. The van der Waals surface area contributed by atoms with Crippen LogP contribution in [-0.4, -0.2) is 18.5 Å². The fourth-order valence-corrected chi connectivity index (χ4v) is 1.06. The summed E-state index contributed by atoms with van der Waals surface area (Å²) in [5.41, 5.74) is 0.714. The van der Waals surface area contributed by atoms with Gasteiger partial charge in [0.2, 0.25) is 6.29 Å². The monoisotopic (exact) mass is 193 g/mol. The van der Waals surface area contributed by atoms with E-state index in [-0.39, 0.29) is 12.4 Å². The van der Waals surface area contributed by atoms with Gasteiger partial charge < -0.3 is 9.47 Å². The molecule has 4 heteroatoms. The molecule has 1 aromatic carbocycles. The predicted molar refractivity (Wildman–Crippen MR) is 50.9 cm³/mol. The summed E-state index contributed by atoms with van der Waals surface area (Å²) in [6.45, 7) is 1.85. The first-order chi connectivity index (χ1) is 6.75. The van der Waals surface area contributed by atoms with Crippen LogP contribution in [0.5, 0.6) is 0 Å². The Balaban J connectivity index is 1.83. The highest BCUT2D eigenvalue weighted by Crippen LogP contribution is 2.22. The summed E-state index contributed by atoms with van der Waals surface area (Å²) in [7, 11) is 0. The van der Waals surface area contributed by atoms with Crippen LogP contribution in [0.1, 0.15) is 6.92 Å². The van der Waals surface area contributed by atoms with Gasteiger partial charge in [-0.05, 0) is 19.1 Å². The fourth-order valence-electron chi connectivity index (χ4n) is 1.06. The van der Waals surface area contributed by atoms with Crippen LogP contribution in [0.2, 0.25) is 0 Å². The third kappa shape index (κ3) is 2.23. The van der Waals surface area contributed by atoms with Crippen LogP contribution in [0.15, 0.2) is 30.3 Å². The van der Waals surface area contributed by atoms with Gasteiger partial charge in [0, 0.05) is 5.69 Å². The second kappa shape index (κ2) is 3.67. The molecule has 0 radical (unpaired) electrons. The Bertz CT molecular complexity index is 325. The number of anilines is 1. The number of ether oxygens (including phenoxy) is 2. The highest BCUT2D eigenvalue weighted by molar-refractivity contribution is 5.84. The summed E-state index contributed by atoms with van der Waals surface area (Å²) in [4.78, 5) is 11.2. The minimum absolute atomic E-state index is 0.0246. The predicted octanol–water partition coefficient (Wildman–Crippen LogP) is 1.98. The molecule has 74 valence electrons. The number of amides is 1. The van der Waals surface area contributed by atoms with Gasteiger partial charge in [0.15, 0.2) is 0 Å². The molecule has 2 atom stereocenters. The third-order valence-corrected chi connectivity index (χ3v) is 1.90. The number of carbonyl (C=O) groups excluding carboxylic acids is 1. The number of benzene rings is 1. The number of rotatable bonds is 2. The number of hydrogen-bond donors (Lipinski definition) is 1. The maximum Gasteiger partial charge on any atom is 0.414 e. The van der Waals surface area contributed by atoms with Gasteiger partial charge in [0.1, 0.15) is 6.10 Å². The van der Waals surface area contributed by atoms with Crippen molar-refractivity contribution in [2.75, 3.05) is 5.32 Å². The van der Waals surface area contributed by atoms with Gasteiger partial charge in [0.05, 0.1) is 0 Å². The van der Waals surface area contributed by atoms with Crippen molar-refractivity contribution in [3.63, 3.8) is 0 Å². The van der Waals surface area contributed by atoms with Crippen molar-refractivity contribution >= 4 is 11.8 Å². The molecule has 0 aliphatic carbocycles. The lowest BCUT2D eigenvalue weighted by molar-refractivity contribution is 0.104. The molecule has 1 aliphatic rings. The normalized spacial score (nSPS) is 24.1. The Morgan fingerprint density at radius 3 is 2.64 bits per heavy atom. The van der Waals surface area contributed by atoms with Gasteiger partial charge in [0.25, 0.3) is 0 Å². The number of epoxide rings is 1. The molecule has 1 aliphatic heterocycles. The standard InChI is InChI=1S/C10H11NO3/c1-7-9(13-7)14-10(12)11-8-5-3-2-4-6-8/h2-7,9H,1H3,(H,11,12). The maximum absolute atomic E-state index is 11.2. The van der Waals surface area contributed by atoms with Crippen molar-refractivity contribution in [1.82, 2.24) is 0 Å². The molecule has 0 saturated carbocycles. The van der Waals surface area contributed by atoms with E-state index in [0.717, 1.165) is 0 Å². The Labute approximate surface area is 81.8 Å². The van der Waals surface area contributed by atoms with E-state index in [1.807, 2.05) is 25.1 Å². The SMILES string of the molecule is CC1OC1OC(=O)Nc1ccccc1. The molecule has 1 saturated heterocycles. The summed E-state index contributed by atoms with van der Waals surface area (Å²) < 4.78 is 9.85. The largest absolute Gasteiger partial charge is 0.416 e. The van der Waals surface area contributed by atoms with E-state index in [0.29, 0.717) is 5.69 Å². The smallest absolute Gasteiger partial charge is 0.414 e. The van der Waals surface area contributed by atoms with Crippen molar-refractivity contribution in [3.05, 3.63) is 30.3 Å². The minimum Gasteiger partial charge on any atom is -0.416 e. The molecule has 1 heterocycles. The summed E-state index contributed by atoms with van der Waals surface area (Å²) in [5.74, 6) is 0. The quantitative estimate of drug-likeness (QED) is 0.730. The van der Waals surface area contributed by atoms with E-state index >= 15 is 0 Å². The second-order valence-corrected chi connectivity index (χ2v) is 3.11. The van der Waals surface area contributed by atoms with E-state index in [9.17, 15) is 4.79 Å². The zero-order chi connectivity index (χ0) is 9.97. The molecule has 1 N–H and O–H groups in total. The van der Waals surface area contributed by atoms with Crippen LogP contribution < -0.4 is 5.32 Å². The highest BCUT2D eigenvalue weighted by Gasteiger charge is 2.38. The van der Waals surface area contributed by atoms with E-state index in [4.69, 9.17) is 9.47 Å². The Kier molecular flexibility index (Phi) is 2.37. The minimum atomic E-state index is -0.481. The van der Waals surface area contributed by atoms with Crippen LogP contribution in [0.4, 0.5) is 10.5 Å². The lowest BCUT2D eigenvalue weighted by Gasteiger charge is -2.03. The van der Waals surface area contributed by atoms with Crippen LogP contribution >= 0.6 is 0 Å². The molecule has 1 aromatic rings. The number of para-hydroxylation sites is 1. The molecule has 1 fully saturated rings. The van der Waals surface area contributed by atoms with E-state index in [2.05, 4.69) is 5.32 Å². The van der Waals surface area contributed by atoms with Crippen LogP contribution in [-0.2, 0) is 9.47 Å². The number of hydrogen-bond acceptors (Lipinski definition) is 3. The van der Waals surface area contributed by atoms with Gasteiger partial charge in [-0.1, -0.05) is 18.2 Å². The number of carbonyl (C=O) groups is 1. The lowest BCUT2D eigenvalue weighted by atomic mass is 10.3. The Hall–Kier alpha value is -1.55. The molecule has 2 unspecified atom stereocenters.